The molecule has 3 heteroatoms. The van der Waals surface area contributed by atoms with Crippen molar-refractivity contribution in [2.45, 2.75) is 7.43 Å². The maximum atomic E-state index is 9.49. The van der Waals surface area contributed by atoms with Crippen molar-refractivity contribution in [3.05, 3.63) is 12.7 Å². The molecule has 3 nitrogen and oxygen atoms in total. The summed E-state index contributed by atoms with van der Waals surface area (Å²) in [6.45, 7) is 3.31. The highest BCUT2D eigenvalue weighted by molar-refractivity contribution is 5.56. The van der Waals surface area contributed by atoms with Gasteiger partial charge >= 0.3 is 6.16 Å². The van der Waals surface area contributed by atoms with Crippen molar-refractivity contribution >= 4 is 6.16 Å². The van der Waals surface area contributed by atoms with E-state index in [1.165, 1.54) is 6.08 Å². The van der Waals surface area contributed by atoms with Gasteiger partial charge in [0, 0.05) is 0 Å². The maximum Gasteiger partial charge on any atom is 0.506 e. The fourth-order valence-electron chi connectivity index (χ4n) is 0.130. The van der Waals surface area contributed by atoms with Crippen LogP contribution in [-0.4, -0.2) is 17.9 Å². The second-order valence-corrected chi connectivity index (χ2v) is 0.866. The van der Waals surface area contributed by atoms with Crippen LogP contribution in [0.1, 0.15) is 7.43 Å². The van der Waals surface area contributed by atoms with Gasteiger partial charge in [-0.15, -0.1) is 0 Å². The van der Waals surface area contributed by atoms with Crippen LogP contribution in [0.2, 0.25) is 0 Å². The van der Waals surface area contributed by atoms with Crippen molar-refractivity contribution in [3.8, 4) is 0 Å². The van der Waals surface area contributed by atoms with Gasteiger partial charge in [0.05, 0.1) is 0 Å². The summed E-state index contributed by atoms with van der Waals surface area (Å²) in [5.74, 6) is 0. The summed E-state index contributed by atoms with van der Waals surface area (Å²) in [6, 6.07) is 0. The van der Waals surface area contributed by atoms with Crippen LogP contribution in [0.15, 0.2) is 12.7 Å². The summed E-state index contributed by atoms with van der Waals surface area (Å²) in [5.41, 5.74) is 0. The lowest BCUT2D eigenvalue weighted by Gasteiger charge is -1.88. The average Bonchev–Trinajstić information content (AvgIpc) is 1.61. The molecule has 0 rings (SSSR count). The summed E-state index contributed by atoms with van der Waals surface area (Å²) in [7, 11) is 0. The van der Waals surface area contributed by atoms with Crippen molar-refractivity contribution in [1.82, 2.24) is 0 Å². The average molecular weight is 118 g/mol. The third-order valence-corrected chi connectivity index (χ3v) is 0.325. The summed E-state index contributed by atoms with van der Waals surface area (Å²) < 4.78 is 3.99. The third kappa shape index (κ3) is 8.89. The number of carbonyl (C=O) groups is 1. The van der Waals surface area contributed by atoms with E-state index >= 15 is 0 Å². The molecule has 0 aliphatic carbocycles. The van der Waals surface area contributed by atoms with Crippen LogP contribution in [0.3, 0.4) is 0 Å². The van der Waals surface area contributed by atoms with E-state index in [2.05, 4.69) is 11.3 Å². The van der Waals surface area contributed by atoms with Crippen LogP contribution in [0.5, 0.6) is 0 Å². The molecule has 0 fully saturated rings. The fraction of sp³-hybridized carbons (Fsp3) is 0.400. The lowest BCUT2D eigenvalue weighted by Crippen LogP contribution is -1.98. The van der Waals surface area contributed by atoms with E-state index in [1.54, 1.807) is 0 Å². The minimum Gasteiger partial charge on any atom is -0.450 e. The second kappa shape index (κ2) is 6.01. The van der Waals surface area contributed by atoms with E-state index < -0.39 is 6.16 Å². The van der Waals surface area contributed by atoms with Crippen LogP contribution >= 0.6 is 0 Å². The summed E-state index contributed by atoms with van der Waals surface area (Å²) in [5, 5.41) is 7.77. The largest absolute Gasteiger partial charge is 0.506 e. The first-order valence-corrected chi connectivity index (χ1v) is 1.74. The summed E-state index contributed by atoms with van der Waals surface area (Å²) >= 11 is 0. The molecule has 0 aliphatic heterocycles. The van der Waals surface area contributed by atoms with E-state index in [9.17, 15) is 4.79 Å². The molecule has 1 N–H and O–H groups in total. The molecule has 0 saturated heterocycles. The number of rotatable bonds is 2. The molecule has 0 saturated carbocycles. The SMILES string of the molecule is C.C=CCOC(=O)O. The zero-order valence-electron chi connectivity index (χ0n) is 3.76. The van der Waals surface area contributed by atoms with Crippen LogP contribution in [-0.2, 0) is 4.74 Å². The van der Waals surface area contributed by atoms with Gasteiger partial charge in [0.15, 0.2) is 0 Å². The molecule has 48 valence electrons. The van der Waals surface area contributed by atoms with Crippen molar-refractivity contribution in [3.63, 3.8) is 0 Å². The molecule has 0 amide bonds. The van der Waals surface area contributed by atoms with Crippen LogP contribution in [0, 0.1) is 0 Å². The number of ether oxygens (including phenoxy) is 1. The molecule has 0 aromatic heterocycles. The first-order valence-electron chi connectivity index (χ1n) is 1.74. The zero-order valence-corrected chi connectivity index (χ0v) is 3.76. The Balaban J connectivity index is 0. The van der Waals surface area contributed by atoms with Crippen LogP contribution in [0.25, 0.3) is 0 Å². The quantitative estimate of drug-likeness (QED) is 0.441. The third-order valence-electron chi connectivity index (χ3n) is 0.325. The Kier molecular flexibility index (Phi) is 7.58. The highest BCUT2D eigenvalue weighted by atomic mass is 16.7. The molecule has 0 aliphatic rings. The molecule has 0 aromatic rings. The maximum absolute atomic E-state index is 9.49. The smallest absolute Gasteiger partial charge is 0.450 e. The number of carboxylic acid groups (broad SMARTS) is 1. The predicted molar refractivity (Wildman–Crippen MR) is 30.9 cm³/mol. The predicted octanol–water partition coefficient (Wildman–Crippen LogP) is 1.50. The molecule has 0 bridgehead atoms. The van der Waals surface area contributed by atoms with Crippen LogP contribution in [0.4, 0.5) is 4.79 Å². The van der Waals surface area contributed by atoms with Crippen molar-refractivity contribution in [2.24, 2.45) is 0 Å². The molecule has 0 radical (unpaired) electrons. The van der Waals surface area contributed by atoms with E-state index in [1.807, 2.05) is 0 Å². The van der Waals surface area contributed by atoms with Gasteiger partial charge in [0.1, 0.15) is 6.61 Å². The summed E-state index contributed by atoms with van der Waals surface area (Å²) in [6.07, 6.45) is 0.105. The van der Waals surface area contributed by atoms with Gasteiger partial charge in [-0.05, 0) is 0 Å². The van der Waals surface area contributed by atoms with Crippen LogP contribution < -0.4 is 0 Å². The highest BCUT2D eigenvalue weighted by Crippen LogP contribution is 1.73. The molecule has 0 heterocycles. The minimum absolute atomic E-state index is 0. The van der Waals surface area contributed by atoms with E-state index in [-0.39, 0.29) is 14.0 Å². The zero-order chi connectivity index (χ0) is 5.70. The highest BCUT2D eigenvalue weighted by Gasteiger charge is 1.87. The molecular weight excluding hydrogens is 108 g/mol. The van der Waals surface area contributed by atoms with Gasteiger partial charge in [0.25, 0.3) is 0 Å². The molecular formula is C5H10O3. The van der Waals surface area contributed by atoms with E-state index in [4.69, 9.17) is 5.11 Å². The van der Waals surface area contributed by atoms with E-state index in [0.717, 1.165) is 0 Å². The Morgan fingerprint density at radius 3 is 2.50 bits per heavy atom. The fourth-order valence-corrected chi connectivity index (χ4v) is 0.130. The Bertz CT molecular complexity index is 77.7. The van der Waals surface area contributed by atoms with Gasteiger partial charge in [-0.1, -0.05) is 20.1 Å². The Morgan fingerprint density at radius 1 is 1.88 bits per heavy atom. The van der Waals surface area contributed by atoms with Gasteiger partial charge < -0.3 is 9.84 Å². The number of hydrogen-bond acceptors (Lipinski definition) is 2. The first-order chi connectivity index (χ1) is 3.27. The monoisotopic (exact) mass is 118 g/mol. The first kappa shape index (κ1) is 10.1. The standard InChI is InChI=1S/C4H6O3.CH4/c1-2-3-7-4(5)6;/h2H,1,3H2,(H,5,6);1H4. The van der Waals surface area contributed by atoms with Gasteiger partial charge in [0.2, 0.25) is 0 Å². The van der Waals surface area contributed by atoms with Crippen molar-refractivity contribution in [1.29, 1.82) is 0 Å². The second-order valence-electron chi connectivity index (χ2n) is 0.866. The molecule has 0 aromatic carbocycles. The normalized spacial score (nSPS) is 6.50. The van der Waals surface area contributed by atoms with Gasteiger partial charge in [-0.25, -0.2) is 4.79 Å². The van der Waals surface area contributed by atoms with E-state index in [0.29, 0.717) is 0 Å². The number of hydrogen-bond donors (Lipinski definition) is 1. The molecule has 8 heavy (non-hydrogen) atoms. The van der Waals surface area contributed by atoms with Gasteiger partial charge in [-0.2, -0.15) is 0 Å². The Labute approximate surface area is 48.6 Å². The minimum atomic E-state index is -1.26. The lowest BCUT2D eigenvalue weighted by atomic mass is 10.7. The van der Waals surface area contributed by atoms with Gasteiger partial charge in [-0.3, -0.25) is 0 Å². The lowest BCUT2D eigenvalue weighted by molar-refractivity contribution is 0.102. The van der Waals surface area contributed by atoms with Crippen molar-refractivity contribution < 1.29 is 14.6 Å². The summed E-state index contributed by atoms with van der Waals surface area (Å²) in [4.78, 5) is 9.49. The molecule has 0 unspecified atom stereocenters. The molecule has 0 spiro atoms. The Hall–Kier alpha value is -0.990. The Morgan fingerprint density at radius 2 is 2.38 bits per heavy atom. The molecule has 0 atom stereocenters. The topological polar surface area (TPSA) is 46.5 Å². The van der Waals surface area contributed by atoms with Crippen molar-refractivity contribution in [2.75, 3.05) is 6.61 Å².